The number of nitrogen functional groups attached to an aromatic ring is 1. The van der Waals surface area contributed by atoms with E-state index in [9.17, 15) is 5.26 Å². The average molecular weight is 307 g/mol. The third kappa shape index (κ3) is 2.63. The molecule has 0 amide bonds. The van der Waals surface area contributed by atoms with Gasteiger partial charge in [0.15, 0.2) is 0 Å². The third-order valence-corrected chi connectivity index (χ3v) is 4.76. The van der Waals surface area contributed by atoms with E-state index in [1.54, 1.807) is 7.11 Å². The number of fused-ring (bicyclic) bond motifs is 1. The predicted molar refractivity (Wildman–Crippen MR) is 91.2 cm³/mol. The van der Waals surface area contributed by atoms with Crippen molar-refractivity contribution in [1.29, 1.82) is 5.26 Å². The number of hydrogen-bond acceptors (Lipinski definition) is 4. The molecule has 118 valence electrons. The quantitative estimate of drug-likeness (QED) is 0.938. The first-order valence-electron chi connectivity index (χ1n) is 8.04. The van der Waals surface area contributed by atoms with Gasteiger partial charge < -0.3 is 10.5 Å². The fraction of sp³-hybridized carbons (Fsp3) is 0.368. The molecule has 1 aliphatic carbocycles. The molecule has 0 fully saturated rings. The van der Waals surface area contributed by atoms with Crippen molar-refractivity contribution >= 4 is 5.82 Å². The lowest BCUT2D eigenvalue weighted by Crippen LogP contribution is -2.18. The number of aryl methyl sites for hydroxylation is 1. The molecule has 0 saturated heterocycles. The molecule has 0 radical (unpaired) electrons. The first-order chi connectivity index (χ1) is 11.2. The first-order valence-corrected chi connectivity index (χ1v) is 8.04. The lowest BCUT2D eigenvalue weighted by molar-refractivity contribution is 0.416. The van der Waals surface area contributed by atoms with Crippen molar-refractivity contribution in [3.8, 4) is 22.9 Å². The van der Waals surface area contributed by atoms with Crippen LogP contribution in [0.4, 0.5) is 5.82 Å². The Hall–Kier alpha value is -2.54. The van der Waals surface area contributed by atoms with Crippen LogP contribution in [0.25, 0.3) is 11.1 Å². The highest BCUT2D eigenvalue weighted by Gasteiger charge is 2.26. The lowest BCUT2D eigenvalue weighted by Gasteiger charge is -2.27. The number of ether oxygens (including phenoxy) is 1. The molecule has 2 N–H and O–H groups in total. The van der Waals surface area contributed by atoms with Gasteiger partial charge in [-0.1, -0.05) is 31.5 Å². The molecule has 1 heterocycles. The predicted octanol–water partition coefficient (Wildman–Crippen LogP) is 3.73. The second-order valence-corrected chi connectivity index (χ2v) is 6.00. The molecule has 23 heavy (non-hydrogen) atoms. The van der Waals surface area contributed by atoms with Crippen molar-refractivity contribution in [1.82, 2.24) is 4.98 Å². The van der Waals surface area contributed by atoms with E-state index < -0.39 is 0 Å². The number of rotatable bonds is 3. The number of nitrogens with zero attached hydrogens (tertiary/aromatic N) is 2. The summed E-state index contributed by atoms with van der Waals surface area (Å²) < 4.78 is 5.51. The van der Waals surface area contributed by atoms with Crippen LogP contribution in [0.1, 0.15) is 36.6 Å². The lowest BCUT2D eigenvalue weighted by atomic mass is 9.80. The highest BCUT2D eigenvalue weighted by atomic mass is 16.5. The molecule has 0 spiro atoms. The van der Waals surface area contributed by atoms with Crippen molar-refractivity contribution in [3.05, 3.63) is 41.1 Å². The van der Waals surface area contributed by atoms with Crippen LogP contribution in [0.3, 0.4) is 0 Å². The molecule has 2 aromatic rings. The number of nitrogens with two attached hydrogens (primary N) is 1. The average Bonchev–Trinajstić information content (AvgIpc) is 2.60. The Kier molecular flexibility index (Phi) is 4.20. The maximum Gasteiger partial charge on any atom is 0.142 e. The number of para-hydroxylation sites is 1. The molecule has 1 unspecified atom stereocenters. The molecule has 3 rings (SSSR count). The molecule has 1 aliphatic rings. The Morgan fingerprint density at radius 1 is 1.39 bits per heavy atom. The summed E-state index contributed by atoms with van der Waals surface area (Å²) in [5.74, 6) is 1.71. The van der Waals surface area contributed by atoms with Crippen LogP contribution in [0.2, 0.25) is 0 Å². The zero-order chi connectivity index (χ0) is 16.4. The summed E-state index contributed by atoms with van der Waals surface area (Å²) in [5, 5.41) is 9.64. The van der Waals surface area contributed by atoms with Crippen LogP contribution >= 0.6 is 0 Å². The molecule has 0 aliphatic heterocycles. The van der Waals surface area contributed by atoms with Crippen LogP contribution in [0, 0.1) is 17.2 Å². The number of anilines is 1. The number of hydrogen-bond donors (Lipinski definition) is 1. The Balaban J connectivity index is 2.30. The Morgan fingerprint density at radius 2 is 2.17 bits per heavy atom. The number of nitriles is 1. The zero-order valence-electron chi connectivity index (χ0n) is 13.6. The normalized spacial score (nSPS) is 16.5. The highest BCUT2D eigenvalue weighted by Crippen LogP contribution is 2.41. The van der Waals surface area contributed by atoms with Crippen LogP contribution in [-0.2, 0) is 12.8 Å². The largest absolute Gasteiger partial charge is 0.496 e. The van der Waals surface area contributed by atoms with E-state index in [1.165, 1.54) is 5.56 Å². The first kappa shape index (κ1) is 15.4. The monoisotopic (exact) mass is 307 g/mol. The number of methoxy groups -OCH3 is 1. The van der Waals surface area contributed by atoms with Gasteiger partial charge in [0.1, 0.15) is 23.2 Å². The topological polar surface area (TPSA) is 71.9 Å². The van der Waals surface area contributed by atoms with Gasteiger partial charge in [-0.3, -0.25) is 0 Å². The van der Waals surface area contributed by atoms with Crippen LogP contribution in [0.5, 0.6) is 5.75 Å². The summed E-state index contributed by atoms with van der Waals surface area (Å²) in [5.41, 5.74) is 10.6. The third-order valence-electron chi connectivity index (χ3n) is 4.76. The van der Waals surface area contributed by atoms with E-state index in [2.05, 4.69) is 18.0 Å². The van der Waals surface area contributed by atoms with Gasteiger partial charge in [0, 0.05) is 16.8 Å². The number of aromatic nitrogens is 1. The van der Waals surface area contributed by atoms with Gasteiger partial charge in [0.25, 0.3) is 0 Å². The van der Waals surface area contributed by atoms with E-state index in [0.29, 0.717) is 17.3 Å². The van der Waals surface area contributed by atoms with Crippen molar-refractivity contribution in [2.75, 3.05) is 12.8 Å². The zero-order valence-corrected chi connectivity index (χ0v) is 13.6. The molecule has 1 atom stereocenters. The molecule has 0 bridgehead atoms. The molecule has 4 nitrogen and oxygen atoms in total. The fourth-order valence-corrected chi connectivity index (χ4v) is 3.46. The Bertz CT molecular complexity index is 777. The second kappa shape index (κ2) is 6.29. The van der Waals surface area contributed by atoms with Gasteiger partial charge in [-0.15, -0.1) is 0 Å². The minimum atomic E-state index is 0.321. The highest BCUT2D eigenvalue weighted by molar-refractivity contribution is 5.82. The smallest absolute Gasteiger partial charge is 0.142 e. The van der Waals surface area contributed by atoms with Crippen molar-refractivity contribution in [2.45, 2.75) is 32.6 Å². The summed E-state index contributed by atoms with van der Waals surface area (Å²) in [6.45, 7) is 2.22. The van der Waals surface area contributed by atoms with E-state index >= 15 is 0 Å². The van der Waals surface area contributed by atoms with E-state index in [4.69, 9.17) is 10.5 Å². The van der Waals surface area contributed by atoms with E-state index in [0.717, 1.165) is 48.3 Å². The van der Waals surface area contributed by atoms with E-state index in [1.807, 2.05) is 24.3 Å². The summed E-state index contributed by atoms with van der Waals surface area (Å²) in [6.07, 6.45) is 4.14. The summed E-state index contributed by atoms with van der Waals surface area (Å²) in [7, 11) is 1.65. The Morgan fingerprint density at radius 3 is 2.87 bits per heavy atom. The van der Waals surface area contributed by atoms with Gasteiger partial charge in [-0.25, -0.2) is 4.98 Å². The van der Waals surface area contributed by atoms with Crippen LogP contribution in [-0.4, -0.2) is 12.1 Å². The summed E-state index contributed by atoms with van der Waals surface area (Å²) >= 11 is 0. The van der Waals surface area contributed by atoms with Gasteiger partial charge >= 0.3 is 0 Å². The van der Waals surface area contributed by atoms with E-state index in [-0.39, 0.29) is 0 Å². The maximum absolute atomic E-state index is 9.64. The molecular formula is C19H21N3O. The standard InChI is InChI=1S/C19H21N3O/c1-3-12-8-9-16-14(10-12)18(15(11-20)19(21)22-16)13-6-4-5-7-17(13)23-2/h4-7,12H,3,8-10H2,1-2H3,(H2,21,22). The molecular weight excluding hydrogens is 286 g/mol. The van der Waals surface area contributed by atoms with Crippen molar-refractivity contribution in [3.63, 3.8) is 0 Å². The molecule has 0 saturated carbocycles. The van der Waals surface area contributed by atoms with Crippen LogP contribution in [0.15, 0.2) is 24.3 Å². The summed E-state index contributed by atoms with van der Waals surface area (Å²) in [6, 6.07) is 10.1. The van der Waals surface area contributed by atoms with Gasteiger partial charge in [-0.2, -0.15) is 5.26 Å². The maximum atomic E-state index is 9.64. The van der Waals surface area contributed by atoms with Crippen molar-refractivity contribution < 1.29 is 4.74 Å². The van der Waals surface area contributed by atoms with Crippen molar-refractivity contribution in [2.24, 2.45) is 5.92 Å². The molecule has 1 aromatic carbocycles. The number of pyridine rings is 1. The minimum Gasteiger partial charge on any atom is -0.496 e. The van der Waals surface area contributed by atoms with Gasteiger partial charge in [0.2, 0.25) is 0 Å². The second-order valence-electron chi connectivity index (χ2n) is 6.00. The Labute approximate surface area is 136 Å². The number of benzene rings is 1. The molecule has 1 aromatic heterocycles. The van der Waals surface area contributed by atoms with Gasteiger partial charge in [0.05, 0.1) is 7.11 Å². The minimum absolute atomic E-state index is 0.321. The molecule has 4 heteroatoms. The fourth-order valence-electron chi connectivity index (χ4n) is 3.46. The van der Waals surface area contributed by atoms with Crippen LogP contribution < -0.4 is 10.5 Å². The SMILES string of the molecule is CCC1CCc2nc(N)c(C#N)c(-c3ccccc3OC)c2C1. The van der Waals surface area contributed by atoms with Gasteiger partial charge in [-0.05, 0) is 36.8 Å². The summed E-state index contributed by atoms with van der Waals surface area (Å²) in [4.78, 5) is 4.51.